The molecule has 0 aliphatic carbocycles. The number of aromatic nitrogens is 1. The van der Waals surface area contributed by atoms with Crippen LogP contribution in [0.3, 0.4) is 0 Å². The van der Waals surface area contributed by atoms with Crippen LogP contribution in [-0.4, -0.2) is 276 Å². The smallest absolute Gasteiger partial charge is 0.308 e. The minimum absolute atomic E-state index is 0.0434. The van der Waals surface area contributed by atoms with Gasteiger partial charge in [0.25, 0.3) is 0 Å². The molecule has 0 aromatic carbocycles. The van der Waals surface area contributed by atoms with Gasteiger partial charge in [-0.25, -0.2) is 0 Å². The van der Waals surface area contributed by atoms with Gasteiger partial charge in [-0.3, -0.25) is 9.59 Å². The number of carbonyl (C=O) groups excluding carboxylic acids is 2. The maximum absolute atomic E-state index is 14.2. The zero-order valence-electron chi connectivity index (χ0n) is 52.6. The summed E-state index contributed by atoms with van der Waals surface area (Å²) in [4.78, 5) is 27.0. The molecule has 0 saturated carbocycles. The average molecular weight is 1330 g/mol. The molecule has 6 heterocycles. The number of carbonyl (C=O) groups is 2. The van der Waals surface area contributed by atoms with Crippen molar-refractivity contribution >= 4 is 17.7 Å². The van der Waals surface area contributed by atoms with Crippen LogP contribution in [0, 0.1) is 24.7 Å². The lowest BCUT2D eigenvalue weighted by Gasteiger charge is -2.48. The van der Waals surface area contributed by atoms with E-state index in [-0.39, 0.29) is 31.0 Å². The van der Waals surface area contributed by atoms with Crippen molar-refractivity contribution in [2.24, 2.45) is 17.8 Å². The Balaban J connectivity index is 1.26. The van der Waals surface area contributed by atoms with E-state index in [2.05, 4.69) is 15.8 Å². The van der Waals surface area contributed by atoms with E-state index in [0.717, 1.165) is 0 Å². The Hall–Kier alpha value is -4.63. The molecule has 4 fully saturated rings. The van der Waals surface area contributed by atoms with Crippen molar-refractivity contribution in [1.82, 2.24) is 10.5 Å². The van der Waals surface area contributed by atoms with E-state index in [9.17, 15) is 96.4 Å². The number of hydrogen-bond donors (Lipinski definition) is 19. The van der Waals surface area contributed by atoms with Crippen LogP contribution in [0.4, 0.5) is 5.82 Å². The molecule has 4 unspecified atom stereocenters. The highest BCUT2D eigenvalue weighted by Gasteiger charge is 2.55. The minimum Gasteiger partial charge on any atom is -0.462 e. The molecule has 0 radical (unpaired) electrons. The summed E-state index contributed by atoms with van der Waals surface area (Å²) in [6.07, 6.45) is -14.5. The number of aliphatic hydroxyl groups excluding tert-OH is 15. The molecule has 30 heteroatoms. The van der Waals surface area contributed by atoms with Gasteiger partial charge in [0.2, 0.25) is 11.7 Å². The third kappa shape index (κ3) is 22.2. The van der Waals surface area contributed by atoms with E-state index in [1.54, 1.807) is 101 Å². The Labute approximate surface area is 538 Å². The Morgan fingerprint density at radius 1 is 0.645 bits per heavy atom. The number of aliphatic hydroxyl groups is 17. The summed E-state index contributed by atoms with van der Waals surface area (Å²) >= 11 is 0. The second-order valence-corrected chi connectivity index (χ2v) is 24.8. The first-order valence-electron chi connectivity index (χ1n) is 31.3. The van der Waals surface area contributed by atoms with Crippen molar-refractivity contribution in [3.05, 3.63) is 96.9 Å². The number of hydrogen-bond acceptors (Lipinski definition) is 29. The van der Waals surface area contributed by atoms with Gasteiger partial charge in [0.1, 0.15) is 60.7 Å². The van der Waals surface area contributed by atoms with E-state index in [4.69, 9.17) is 37.7 Å². The normalized spacial score (nSPS) is 45.4. The number of esters is 1. The highest BCUT2D eigenvalue weighted by molar-refractivity contribution is 5.92. The third-order valence-electron chi connectivity index (χ3n) is 17.3. The van der Waals surface area contributed by atoms with Crippen LogP contribution in [0.15, 0.2) is 95.7 Å². The van der Waals surface area contributed by atoms with Crippen LogP contribution >= 0.6 is 0 Å². The fraction of sp³-hybridized carbons (Fsp3) is 0.698. The van der Waals surface area contributed by atoms with Gasteiger partial charge >= 0.3 is 5.97 Å². The lowest BCUT2D eigenvalue weighted by Crippen LogP contribution is -2.70. The van der Waals surface area contributed by atoms with Gasteiger partial charge in [0.15, 0.2) is 24.2 Å². The Morgan fingerprint density at radius 2 is 1.27 bits per heavy atom. The fourth-order valence-electron chi connectivity index (χ4n) is 11.6. The summed E-state index contributed by atoms with van der Waals surface area (Å²) in [7, 11) is 0. The molecule has 19 N–H and O–H groups in total. The molecule has 0 spiro atoms. The zero-order chi connectivity index (χ0) is 68.5. The monoisotopic (exact) mass is 1330 g/mol. The molecule has 5 aliphatic rings. The second-order valence-electron chi connectivity index (χ2n) is 24.8. The molecule has 28 atom stereocenters. The molecule has 4 saturated heterocycles. The van der Waals surface area contributed by atoms with Gasteiger partial charge in [-0.05, 0) is 40.0 Å². The predicted octanol–water partition coefficient (Wildman–Crippen LogP) is -3.18. The van der Waals surface area contributed by atoms with Gasteiger partial charge < -0.3 is 135 Å². The van der Waals surface area contributed by atoms with Crippen LogP contribution in [0.5, 0.6) is 0 Å². The Kier molecular flexibility index (Phi) is 30.0. The first-order valence-corrected chi connectivity index (χ1v) is 31.3. The molecular weight excluding hydrogens is 1230 g/mol. The number of amides is 1. The summed E-state index contributed by atoms with van der Waals surface area (Å²) < 4.78 is 45.8. The molecule has 526 valence electrons. The van der Waals surface area contributed by atoms with Crippen LogP contribution in [0.1, 0.15) is 84.8 Å². The van der Waals surface area contributed by atoms with Crippen molar-refractivity contribution in [3.8, 4) is 0 Å². The first-order chi connectivity index (χ1) is 43.9. The first kappa shape index (κ1) is 77.4. The maximum Gasteiger partial charge on any atom is 0.308 e. The molecule has 30 nitrogen and oxygen atoms in total. The molecule has 1 aromatic rings. The van der Waals surface area contributed by atoms with Gasteiger partial charge in [-0.2, -0.15) is 0 Å². The lowest BCUT2D eigenvalue weighted by atomic mass is 9.82. The zero-order valence-corrected chi connectivity index (χ0v) is 52.6. The van der Waals surface area contributed by atoms with E-state index in [0.29, 0.717) is 5.76 Å². The molecule has 1 amide bonds. The van der Waals surface area contributed by atoms with Crippen LogP contribution in [-0.2, 0) is 42.7 Å². The predicted molar refractivity (Wildman–Crippen MR) is 325 cm³/mol. The van der Waals surface area contributed by atoms with E-state index in [1.165, 1.54) is 25.1 Å². The fourth-order valence-corrected chi connectivity index (χ4v) is 11.6. The number of anilines is 1. The highest BCUT2D eigenvalue weighted by Crippen LogP contribution is 2.39. The van der Waals surface area contributed by atoms with E-state index in [1.807, 2.05) is 0 Å². The largest absolute Gasteiger partial charge is 0.462 e. The van der Waals surface area contributed by atoms with Crippen molar-refractivity contribution in [2.75, 3.05) is 25.1 Å². The number of nitrogens with zero attached hydrogens (tertiary/aromatic N) is 1. The van der Waals surface area contributed by atoms with E-state index >= 15 is 0 Å². The standard InChI is InChI=1S/C63H97N3O27/c1-32-18-16-14-12-10-8-6-7-9-11-13-15-17-19-40(89-60-54(79)50(52(77)36(5)88-60)64-31-63(85)58(82)57(44(74)30-86-63)91-61-56(81)55(80)53(78)46(29-67)90-61)26-45-49(59(83)65-47-22-33(2)93-66-47)43(73)28-62(84,92-45)27-39(70)24-42(72)41(71)21-20-37(68)23-38(69)25-48(75)87-35(4)34(3)51(32)76/h6-19,22,32,34-46,49-58,60-61,64,67-74,76-82,84-85H,20-21,23-31H2,1-5H3,(H,65,66,83)/b7-6+,10-8+,11-9+,14-12+,15-13+,18-16+,19-17+/t32-,34?,35-,36+,37+,38+,39-,40-,41+,42+,43-,44+,45?,46+,49?,50-,51+,52+,53+,54-,55-,56+,57+,58-,60-,61?,62+,63+/m0/s1. The summed E-state index contributed by atoms with van der Waals surface area (Å²) in [5, 5.41) is 197. The van der Waals surface area contributed by atoms with Crippen LogP contribution < -0.4 is 10.6 Å². The number of cyclic esters (lactones) is 1. The molecule has 6 rings (SSSR count). The quantitative estimate of drug-likeness (QED) is 0.103. The maximum atomic E-state index is 14.2. The molecule has 93 heavy (non-hydrogen) atoms. The van der Waals surface area contributed by atoms with Crippen LogP contribution in [0.25, 0.3) is 0 Å². The second kappa shape index (κ2) is 36.1. The number of aryl methyl sites for hydroxylation is 1. The van der Waals surface area contributed by atoms with Crippen molar-refractivity contribution in [1.29, 1.82) is 0 Å². The van der Waals surface area contributed by atoms with E-state index < -0.39 is 228 Å². The number of ether oxygens (including phenoxy) is 7. The summed E-state index contributed by atoms with van der Waals surface area (Å²) in [6.45, 7) is 5.80. The van der Waals surface area contributed by atoms with Gasteiger partial charge in [0, 0.05) is 43.6 Å². The molecule has 2 bridgehead atoms. The SMILES string of the molecule is Cc1cc(NC(=O)C2C3C[C@@H](O[C@@H]4O[C@H](C)[C@@H](O)[C@H](NC[C@@]5(O)OC[C@@H](O)[C@@H](OC6O[C@H](CO)[C@@H](O)[C@H](O)[C@H]6O)[C@@H]5O)[C@@H]4O)/C=C/C=C/C=C/C=C/C=C/C=C/C=C/[C@H](C)[C@@H](O)C(C)[C@H](C)OC(=O)C[C@H](O)C[C@H](O)CC[C@@H](O)[C@H](O)C[C@H](O)C[C@](O)(C[C@@H]2O)O3)no1. The van der Waals surface area contributed by atoms with Gasteiger partial charge in [0.05, 0.1) is 105 Å². The molecule has 1 aromatic heterocycles. The average Bonchev–Trinajstić information content (AvgIpc) is 0.920. The summed E-state index contributed by atoms with van der Waals surface area (Å²) in [5.41, 5.74) is 0. The Morgan fingerprint density at radius 3 is 1.89 bits per heavy atom. The number of nitrogens with one attached hydrogen (secondary N) is 2. The summed E-state index contributed by atoms with van der Waals surface area (Å²) in [5.74, 6) is -8.89. The van der Waals surface area contributed by atoms with Gasteiger partial charge in [-0.15, -0.1) is 0 Å². The molecular formula is C63H97N3O27. The van der Waals surface area contributed by atoms with Crippen molar-refractivity contribution < 1.29 is 134 Å². The summed E-state index contributed by atoms with van der Waals surface area (Å²) in [6, 6.07) is -0.0923. The highest BCUT2D eigenvalue weighted by atomic mass is 16.7. The number of rotatable bonds is 10. The lowest BCUT2D eigenvalue weighted by molar-refractivity contribution is -0.368. The van der Waals surface area contributed by atoms with Gasteiger partial charge in [-0.1, -0.05) is 104 Å². The Bertz CT molecular complexity index is 2670. The number of fused-ring (bicyclic) bond motifs is 2. The van der Waals surface area contributed by atoms with Crippen molar-refractivity contribution in [3.63, 3.8) is 0 Å². The topological polar surface area (TPSA) is 493 Å². The van der Waals surface area contributed by atoms with Crippen molar-refractivity contribution in [2.45, 2.75) is 238 Å². The molecule has 5 aliphatic heterocycles. The van der Waals surface area contributed by atoms with Crippen LogP contribution in [0.2, 0.25) is 0 Å². The third-order valence-corrected chi connectivity index (χ3v) is 17.3. The number of allylic oxidation sites excluding steroid dienone is 12. The minimum atomic E-state index is -2.69.